The molecule has 1 atom stereocenters. The number of methoxy groups -OCH3 is 1. The monoisotopic (exact) mass is 243 g/mol. The number of alkyl halides is 1. The molecule has 0 heterocycles. The smallest absolute Gasteiger partial charge is 0.159 e. The van der Waals surface area contributed by atoms with Crippen molar-refractivity contribution in [1.29, 1.82) is 0 Å². The molecule has 1 unspecified atom stereocenters. The van der Waals surface area contributed by atoms with Gasteiger partial charge in [-0.2, -0.15) is 0 Å². The predicted molar refractivity (Wildman–Crippen MR) is 64.1 cm³/mol. The van der Waals surface area contributed by atoms with E-state index in [-0.39, 0.29) is 18.8 Å². The third-order valence-corrected chi connectivity index (χ3v) is 2.82. The first-order chi connectivity index (χ1) is 8.03. The Bertz CT molecular complexity index is 370. The fourth-order valence-corrected chi connectivity index (χ4v) is 2.03. The summed E-state index contributed by atoms with van der Waals surface area (Å²) in [5.74, 6) is -0.357. The summed E-state index contributed by atoms with van der Waals surface area (Å²) in [4.78, 5) is 0. The number of hydrogen-bond donors (Lipinski definition) is 1. The molecular formula is C13H19F2NO. The SMILES string of the molecule is COCC(F)(CCCN)c1ccc(F)cc1C. The van der Waals surface area contributed by atoms with Gasteiger partial charge in [-0.1, -0.05) is 6.07 Å². The van der Waals surface area contributed by atoms with Crippen LogP contribution in [0, 0.1) is 12.7 Å². The second-order valence-electron chi connectivity index (χ2n) is 4.25. The van der Waals surface area contributed by atoms with Gasteiger partial charge in [0.2, 0.25) is 0 Å². The minimum Gasteiger partial charge on any atom is -0.381 e. The summed E-state index contributed by atoms with van der Waals surface area (Å²) in [7, 11) is 1.45. The molecule has 0 saturated heterocycles. The Morgan fingerprint density at radius 2 is 2.12 bits per heavy atom. The van der Waals surface area contributed by atoms with Gasteiger partial charge in [-0.15, -0.1) is 0 Å². The largest absolute Gasteiger partial charge is 0.381 e. The quantitative estimate of drug-likeness (QED) is 0.833. The van der Waals surface area contributed by atoms with E-state index in [1.165, 1.54) is 25.3 Å². The first kappa shape index (κ1) is 14.1. The van der Waals surface area contributed by atoms with Crippen LogP contribution in [0.5, 0.6) is 0 Å². The van der Waals surface area contributed by atoms with Gasteiger partial charge in [-0.05, 0) is 49.6 Å². The van der Waals surface area contributed by atoms with Crippen molar-refractivity contribution in [1.82, 2.24) is 0 Å². The first-order valence-corrected chi connectivity index (χ1v) is 5.68. The molecule has 0 aliphatic heterocycles. The van der Waals surface area contributed by atoms with E-state index in [0.717, 1.165) is 0 Å². The zero-order valence-corrected chi connectivity index (χ0v) is 10.3. The molecule has 0 radical (unpaired) electrons. The van der Waals surface area contributed by atoms with E-state index in [9.17, 15) is 8.78 Å². The highest BCUT2D eigenvalue weighted by Gasteiger charge is 2.32. The van der Waals surface area contributed by atoms with Gasteiger partial charge in [0.1, 0.15) is 5.82 Å². The molecule has 0 aliphatic carbocycles. The number of halogens is 2. The molecule has 2 N–H and O–H groups in total. The summed E-state index contributed by atoms with van der Waals surface area (Å²) < 4.78 is 32.7. The van der Waals surface area contributed by atoms with Crippen molar-refractivity contribution in [3.05, 3.63) is 35.1 Å². The van der Waals surface area contributed by atoms with Crippen LogP contribution in [0.4, 0.5) is 8.78 Å². The highest BCUT2D eigenvalue weighted by molar-refractivity contribution is 5.32. The van der Waals surface area contributed by atoms with Gasteiger partial charge in [0.15, 0.2) is 5.67 Å². The highest BCUT2D eigenvalue weighted by Crippen LogP contribution is 2.33. The molecule has 17 heavy (non-hydrogen) atoms. The van der Waals surface area contributed by atoms with Crippen molar-refractivity contribution in [3.8, 4) is 0 Å². The Kier molecular flexibility index (Phi) is 5.02. The average molecular weight is 243 g/mol. The first-order valence-electron chi connectivity index (χ1n) is 5.68. The van der Waals surface area contributed by atoms with Gasteiger partial charge in [0, 0.05) is 7.11 Å². The third-order valence-electron chi connectivity index (χ3n) is 2.82. The van der Waals surface area contributed by atoms with Crippen LogP contribution in [0.2, 0.25) is 0 Å². The van der Waals surface area contributed by atoms with Crippen LogP contribution in [0.15, 0.2) is 18.2 Å². The fraction of sp³-hybridized carbons (Fsp3) is 0.538. The Balaban J connectivity index is 3.03. The zero-order chi connectivity index (χ0) is 12.9. The lowest BCUT2D eigenvalue weighted by molar-refractivity contribution is 0.0299. The molecule has 1 rings (SSSR count). The molecule has 0 aromatic heterocycles. The van der Waals surface area contributed by atoms with E-state index in [1.54, 1.807) is 6.92 Å². The maximum Gasteiger partial charge on any atom is 0.159 e. The van der Waals surface area contributed by atoms with Crippen LogP contribution < -0.4 is 5.73 Å². The van der Waals surface area contributed by atoms with Crippen LogP contribution in [-0.4, -0.2) is 20.3 Å². The number of nitrogens with two attached hydrogens (primary N) is 1. The molecule has 2 nitrogen and oxygen atoms in total. The molecule has 0 saturated carbocycles. The van der Waals surface area contributed by atoms with E-state index in [0.29, 0.717) is 24.1 Å². The van der Waals surface area contributed by atoms with Crippen molar-refractivity contribution in [2.45, 2.75) is 25.4 Å². The number of ether oxygens (including phenoxy) is 1. The second-order valence-corrected chi connectivity index (χ2v) is 4.25. The van der Waals surface area contributed by atoms with Crippen molar-refractivity contribution in [2.24, 2.45) is 5.73 Å². The van der Waals surface area contributed by atoms with Crippen LogP contribution in [0.3, 0.4) is 0 Å². The highest BCUT2D eigenvalue weighted by atomic mass is 19.1. The van der Waals surface area contributed by atoms with Gasteiger partial charge >= 0.3 is 0 Å². The molecule has 4 heteroatoms. The molecule has 96 valence electrons. The molecule has 0 bridgehead atoms. The minimum atomic E-state index is -1.59. The Morgan fingerprint density at radius 3 is 2.65 bits per heavy atom. The molecule has 0 amide bonds. The molecular weight excluding hydrogens is 224 g/mol. The van der Waals surface area contributed by atoms with Crippen LogP contribution in [0.1, 0.15) is 24.0 Å². The Morgan fingerprint density at radius 1 is 1.41 bits per heavy atom. The van der Waals surface area contributed by atoms with Gasteiger partial charge in [0.25, 0.3) is 0 Å². The van der Waals surface area contributed by atoms with Gasteiger partial charge in [-0.25, -0.2) is 8.78 Å². The summed E-state index contributed by atoms with van der Waals surface area (Å²) in [6.07, 6.45) is 0.848. The minimum absolute atomic E-state index is 0.0422. The van der Waals surface area contributed by atoms with Crippen molar-refractivity contribution in [2.75, 3.05) is 20.3 Å². The molecule has 1 aromatic carbocycles. The van der Waals surface area contributed by atoms with E-state index < -0.39 is 5.67 Å². The van der Waals surface area contributed by atoms with E-state index >= 15 is 0 Å². The molecule has 1 aromatic rings. The van der Waals surface area contributed by atoms with Gasteiger partial charge in [-0.3, -0.25) is 0 Å². The maximum atomic E-state index is 14.8. The Labute approximate surface area is 101 Å². The predicted octanol–water partition coefficient (Wildman–Crippen LogP) is 2.68. The summed E-state index contributed by atoms with van der Waals surface area (Å²) in [6, 6.07) is 4.09. The topological polar surface area (TPSA) is 35.2 Å². The summed E-state index contributed by atoms with van der Waals surface area (Å²) in [5.41, 5.74) is 4.89. The Hall–Kier alpha value is -1.00. The maximum absolute atomic E-state index is 14.8. The number of aryl methyl sites for hydroxylation is 1. The lowest BCUT2D eigenvalue weighted by Crippen LogP contribution is -2.28. The number of hydrogen-bond acceptors (Lipinski definition) is 2. The van der Waals surface area contributed by atoms with Crippen LogP contribution >= 0.6 is 0 Å². The van der Waals surface area contributed by atoms with Gasteiger partial charge in [0.05, 0.1) is 6.61 Å². The molecule has 0 aliphatic rings. The zero-order valence-electron chi connectivity index (χ0n) is 10.3. The van der Waals surface area contributed by atoms with Crippen LogP contribution in [0.25, 0.3) is 0 Å². The summed E-state index contributed by atoms with van der Waals surface area (Å²) >= 11 is 0. The number of rotatable bonds is 6. The van der Waals surface area contributed by atoms with E-state index in [2.05, 4.69) is 0 Å². The lowest BCUT2D eigenvalue weighted by atomic mass is 9.88. The summed E-state index contributed by atoms with van der Waals surface area (Å²) in [6.45, 7) is 2.08. The van der Waals surface area contributed by atoms with E-state index in [4.69, 9.17) is 10.5 Å². The second kappa shape index (κ2) is 6.07. The summed E-state index contributed by atoms with van der Waals surface area (Å²) in [5, 5.41) is 0. The molecule has 0 spiro atoms. The third kappa shape index (κ3) is 3.48. The van der Waals surface area contributed by atoms with Gasteiger partial charge < -0.3 is 10.5 Å². The van der Waals surface area contributed by atoms with Crippen molar-refractivity contribution in [3.63, 3.8) is 0 Å². The lowest BCUT2D eigenvalue weighted by Gasteiger charge is -2.26. The fourth-order valence-electron chi connectivity index (χ4n) is 2.03. The van der Waals surface area contributed by atoms with Crippen molar-refractivity contribution < 1.29 is 13.5 Å². The molecule has 0 fully saturated rings. The van der Waals surface area contributed by atoms with Crippen molar-refractivity contribution >= 4 is 0 Å². The average Bonchev–Trinajstić information content (AvgIpc) is 2.26. The van der Waals surface area contributed by atoms with E-state index in [1.807, 2.05) is 0 Å². The standard InChI is InChI=1S/C13H19F2NO/c1-10-8-11(14)4-5-12(10)13(15,9-17-2)6-3-7-16/h4-5,8H,3,6-7,9,16H2,1-2H3. The normalized spacial score (nSPS) is 14.6. The van der Waals surface area contributed by atoms with Crippen LogP contribution in [-0.2, 0) is 10.4 Å². The number of benzene rings is 1.